The largest absolute Gasteiger partial charge is 0.462 e. The zero-order chi connectivity index (χ0) is 13.1. The average Bonchev–Trinajstić information content (AvgIpc) is 2.24. The van der Waals surface area contributed by atoms with E-state index in [1.165, 1.54) is 12.1 Å². The van der Waals surface area contributed by atoms with Crippen molar-refractivity contribution in [1.29, 1.82) is 0 Å². The van der Waals surface area contributed by atoms with Gasteiger partial charge in [-0.05, 0) is 31.0 Å². The molecule has 0 unspecified atom stereocenters. The maximum Gasteiger partial charge on any atom is 0.338 e. The van der Waals surface area contributed by atoms with Crippen LogP contribution in [0.4, 0.5) is 0 Å². The molecule has 0 N–H and O–H groups in total. The molecule has 0 fully saturated rings. The molecule has 0 saturated carbocycles. The zero-order valence-corrected chi connectivity index (χ0v) is 11.0. The van der Waals surface area contributed by atoms with E-state index in [1.54, 1.807) is 13.0 Å². The van der Waals surface area contributed by atoms with Crippen LogP contribution in [-0.4, -0.2) is 27.2 Å². The number of sulfone groups is 1. The highest BCUT2D eigenvalue weighted by atomic mass is 32.2. The summed E-state index contributed by atoms with van der Waals surface area (Å²) in [5.74, 6) is -0.477. The highest BCUT2D eigenvalue weighted by Gasteiger charge is 2.15. The quantitative estimate of drug-likeness (QED) is 0.773. The van der Waals surface area contributed by atoms with Crippen molar-refractivity contribution in [3.05, 3.63) is 29.3 Å². The maximum absolute atomic E-state index is 11.7. The van der Waals surface area contributed by atoms with Gasteiger partial charge in [-0.2, -0.15) is 0 Å². The number of hydrogen-bond acceptors (Lipinski definition) is 4. The van der Waals surface area contributed by atoms with Crippen LogP contribution in [0.2, 0.25) is 0 Å². The third kappa shape index (κ3) is 3.56. The van der Waals surface area contributed by atoms with Crippen molar-refractivity contribution in [3.8, 4) is 0 Å². The number of esters is 1. The van der Waals surface area contributed by atoms with Crippen molar-refractivity contribution in [1.82, 2.24) is 0 Å². The Balaban J connectivity index is 3.11. The Hall–Kier alpha value is -1.36. The highest BCUT2D eigenvalue weighted by molar-refractivity contribution is 7.90. The van der Waals surface area contributed by atoms with Crippen LogP contribution in [0, 0.1) is 6.92 Å². The van der Waals surface area contributed by atoms with Gasteiger partial charge in [0.05, 0.1) is 17.1 Å². The van der Waals surface area contributed by atoms with Gasteiger partial charge in [-0.25, -0.2) is 13.2 Å². The van der Waals surface area contributed by atoms with Crippen molar-refractivity contribution in [2.24, 2.45) is 0 Å². The second-order valence-electron chi connectivity index (χ2n) is 3.88. The van der Waals surface area contributed by atoms with E-state index < -0.39 is 15.8 Å². The molecular weight excluding hydrogens is 240 g/mol. The van der Waals surface area contributed by atoms with Gasteiger partial charge in [0.1, 0.15) is 0 Å². The molecule has 0 amide bonds. The molecular formula is C12H16O4S. The van der Waals surface area contributed by atoms with Gasteiger partial charge in [0.2, 0.25) is 0 Å². The summed E-state index contributed by atoms with van der Waals surface area (Å²) in [7, 11) is -3.30. The molecule has 1 aromatic carbocycles. The Morgan fingerprint density at radius 1 is 1.35 bits per heavy atom. The summed E-state index contributed by atoms with van der Waals surface area (Å²) < 4.78 is 27.8. The SMILES string of the molecule is CCCOC(=O)c1cc(S(C)(=O)=O)ccc1C. The molecule has 1 rings (SSSR count). The summed E-state index contributed by atoms with van der Waals surface area (Å²) >= 11 is 0. The van der Waals surface area contributed by atoms with Gasteiger partial charge in [-0.15, -0.1) is 0 Å². The lowest BCUT2D eigenvalue weighted by atomic mass is 10.1. The molecule has 0 bridgehead atoms. The molecule has 0 heterocycles. The number of carbonyl (C=O) groups excluding carboxylic acids is 1. The smallest absolute Gasteiger partial charge is 0.338 e. The summed E-state index contributed by atoms with van der Waals surface area (Å²) in [5.41, 5.74) is 1.01. The molecule has 94 valence electrons. The number of ether oxygens (including phenoxy) is 1. The van der Waals surface area contributed by atoms with E-state index in [9.17, 15) is 13.2 Å². The standard InChI is InChI=1S/C12H16O4S/c1-4-7-16-12(13)11-8-10(17(3,14)15)6-5-9(11)2/h5-6,8H,4,7H2,1-3H3. The molecule has 0 aliphatic heterocycles. The van der Waals surface area contributed by atoms with Crippen LogP contribution in [0.15, 0.2) is 23.1 Å². The van der Waals surface area contributed by atoms with Gasteiger partial charge in [0, 0.05) is 6.26 Å². The molecule has 4 nitrogen and oxygen atoms in total. The van der Waals surface area contributed by atoms with Crippen LogP contribution in [0.1, 0.15) is 29.3 Å². The molecule has 0 aliphatic carbocycles. The Labute approximate surface area is 102 Å². The van der Waals surface area contributed by atoms with Gasteiger partial charge in [0.25, 0.3) is 0 Å². The number of carbonyl (C=O) groups is 1. The van der Waals surface area contributed by atoms with E-state index in [-0.39, 0.29) is 4.90 Å². The highest BCUT2D eigenvalue weighted by Crippen LogP contribution is 2.16. The first-order valence-electron chi connectivity index (χ1n) is 5.34. The number of aryl methyl sites for hydroxylation is 1. The van der Waals surface area contributed by atoms with Crippen molar-refractivity contribution in [3.63, 3.8) is 0 Å². The van der Waals surface area contributed by atoms with Crippen molar-refractivity contribution >= 4 is 15.8 Å². The maximum atomic E-state index is 11.7. The number of rotatable bonds is 4. The van der Waals surface area contributed by atoms with Gasteiger partial charge >= 0.3 is 5.97 Å². The lowest BCUT2D eigenvalue weighted by Gasteiger charge is -2.07. The molecule has 0 aromatic heterocycles. The molecule has 5 heteroatoms. The van der Waals surface area contributed by atoms with Crippen molar-refractivity contribution in [2.45, 2.75) is 25.2 Å². The van der Waals surface area contributed by atoms with E-state index in [1.807, 2.05) is 6.92 Å². The summed E-state index contributed by atoms with van der Waals surface area (Å²) in [6, 6.07) is 4.46. The van der Waals surface area contributed by atoms with Gasteiger partial charge < -0.3 is 4.74 Å². The first kappa shape index (κ1) is 13.7. The summed E-state index contributed by atoms with van der Waals surface area (Å²) in [4.78, 5) is 11.8. The first-order chi connectivity index (χ1) is 7.86. The van der Waals surface area contributed by atoms with Crippen LogP contribution in [0.5, 0.6) is 0 Å². The Morgan fingerprint density at radius 3 is 2.53 bits per heavy atom. The van der Waals surface area contributed by atoms with E-state index in [4.69, 9.17) is 4.74 Å². The summed E-state index contributed by atoms with van der Waals surface area (Å²) in [6.45, 7) is 3.98. The van der Waals surface area contributed by atoms with Crippen LogP contribution < -0.4 is 0 Å². The van der Waals surface area contributed by atoms with Gasteiger partial charge in [-0.3, -0.25) is 0 Å². The van der Waals surface area contributed by atoms with Crippen LogP contribution in [0.3, 0.4) is 0 Å². The third-order valence-electron chi connectivity index (χ3n) is 2.29. The molecule has 0 atom stereocenters. The molecule has 0 aliphatic rings. The van der Waals surface area contributed by atoms with Gasteiger partial charge in [0.15, 0.2) is 9.84 Å². The van der Waals surface area contributed by atoms with Crippen LogP contribution in [0.25, 0.3) is 0 Å². The number of hydrogen-bond donors (Lipinski definition) is 0. The minimum atomic E-state index is -3.30. The average molecular weight is 256 g/mol. The molecule has 17 heavy (non-hydrogen) atoms. The molecule has 0 radical (unpaired) electrons. The second kappa shape index (κ2) is 5.31. The Morgan fingerprint density at radius 2 is 2.00 bits per heavy atom. The van der Waals surface area contributed by atoms with Crippen LogP contribution >= 0.6 is 0 Å². The predicted octanol–water partition coefficient (Wildman–Crippen LogP) is 1.97. The van der Waals surface area contributed by atoms with E-state index >= 15 is 0 Å². The predicted molar refractivity (Wildman–Crippen MR) is 64.9 cm³/mol. The second-order valence-corrected chi connectivity index (χ2v) is 5.90. The minimum absolute atomic E-state index is 0.131. The van der Waals surface area contributed by atoms with E-state index in [0.29, 0.717) is 17.7 Å². The van der Waals surface area contributed by atoms with E-state index in [2.05, 4.69) is 0 Å². The molecule has 0 spiro atoms. The van der Waals surface area contributed by atoms with Crippen molar-refractivity contribution in [2.75, 3.05) is 12.9 Å². The third-order valence-corrected chi connectivity index (χ3v) is 3.40. The van der Waals surface area contributed by atoms with Crippen LogP contribution in [-0.2, 0) is 14.6 Å². The fraction of sp³-hybridized carbons (Fsp3) is 0.417. The molecule has 1 aromatic rings. The normalized spacial score (nSPS) is 11.2. The monoisotopic (exact) mass is 256 g/mol. The Kier molecular flexibility index (Phi) is 4.28. The molecule has 0 saturated heterocycles. The fourth-order valence-corrected chi connectivity index (χ4v) is 1.97. The topological polar surface area (TPSA) is 60.4 Å². The first-order valence-corrected chi connectivity index (χ1v) is 7.23. The fourth-order valence-electron chi connectivity index (χ4n) is 1.32. The zero-order valence-electron chi connectivity index (χ0n) is 10.2. The summed E-state index contributed by atoms with van der Waals surface area (Å²) in [6.07, 6.45) is 1.84. The van der Waals surface area contributed by atoms with Crippen molar-refractivity contribution < 1.29 is 17.9 Å². The van der Waals surface area contributed by atoms with Gasteiger partial charge in [-0.1, -0.05) is 13.0 Å². The Bertz CT molecular complexity index is 517. The number of benzene rings is 1. The summed E-state index contributed by atoms with van der Waals surface area (Å²) in [5, 5.41) is 0. The minimum Gasteiger partial charge on any atom is -0.462 e. The van der Waals surface area contributed by atoms with E-state index in [0.717, 1.165) is 12.7 Å². The lowest BCUT2D eigenvalue weighted by Crippen LogP contribution is -2.09. The lowest BCUT2D eigenvalue weighted by molar-refractivity contribution is 0.0504.